The standard InChI is InChI=1S/C12H20ClN3O2/c1-18-6-5-16-11(10(13)8-15-16)12(17)9-3-2-4-14-7-9/h8-9,12,14,17H,2-7H2,1H3. The molecule has 1 aromatic rings. The second-order valence-electron chi connectivity index (χ2n) is 4.64. The molecule has 1 aliphatic heterocycles. The molecule has 6 heteroatoms. The number of aromatic nitrogens is 2. The Morgan fingerprint density at radius 1 is 1.72 bits per heavy atom. The van der Waals surface area contributed by atoms with Crippen LogP contribution in [0, 0.1) is 5.92 Å². The number of aliphatic hydroxyl groups is 1. The van der Waals surface area contributed by atoms with Crippen molar-refractivity contribution >= 4 is 11.6 Å². The number of rotatable bonds is 5. The van der Waals surface area contributed by atoms with Crippen LogP contribution in [0.3, 0.4) is 0 Å². The number of hydrogen-bond donors (Lipinski definition) is 2. The third kappa shape index (κ3) is 3.03. The molecule has 0 amide bonds. The highest BCUT2D eigenvalue weighted by molar-refractivity contribution is 6.31. The van der Waals surface area contributed by atoms with Gasteiger partial charge in [0.15, 0.2) is 0 Å². The largest absolute Gasteiger partial charge is 0.386 e. The van der Waals surface area contributed by atoms with E-state index in [4.69, 9.17) is 16.3 Å². The van der Waals surface area contributed by atoms with Crippen molar-refractivity contribution in [3.8, 4) is 0 Å². The molecule has 2 rings (SSSR count). The van der Waals surface area contributed by atoms with Gasteiger partial charge in [0.2, 0.25) is 0 Å². The summed E-state index contributed by atoms with van der Waals surface area (Å²) in [7, 11) is 1.65. The highest BCUT2D eigenvalue weighted by Gasteiger charge is 2.27. The Balaban J connectivity index is 2.12. The lowest BCUT2D eigenvalue weighted by Gasteiger charge is -2.28. The molecule has 0 spiro atoms. The van der Waals surface area contributed by atoms with Crippen LogP contribution in [0.4, 0.5) is 0 Å². The number of halogens is 1. The summed E-state index contributed by atoms with van der Waals surface area (Å²) in [5.74, 6) is 0.203. The summed E-state index contributed by atoms with van der Waals surface area (Å²) < 4.78 is 6.78. The maximum absolute atomic E-state index is 10.5. The SMILES string of the molecule is COCCn1ncc(Cl)c1C(O)C1CCCNC1. The zero-order valence-electron chi connectivity index (χ0n) is 10.6. The molecule has 2 N–H and O–H groups in total. The second-order valence-corrected chi connectivity index (χ2v) is 5.05. The van der Waals surface area contributed by atoms with Crippen LogP contribution < -0.4 is 5.32 Å². The summed E-state index contributed by atoms with van der Waals surface area (Å²) >= 11 is 6.13. The molecule has 102 valence electrons. The zero-order chi connectivity index (χ0) is 13.0. The van der Waals surface area contributed by atoms with E-state index in [1.54, 1.807) is 18.0 Å². The van der Waals surface area contributed by atoms with E-state index >= 15 is 0 Å². The predicted octanol–water partition coefficient (Wildman–Crippen LogP) is 1.22. The monoisotopic (exact) mass is 273 g/mol. The van der Waals surface area contributed by atoms with Gasteiger partial charge in [-0.05, 0) is 19.4 Å². The number of aliphatic hydroxyl groups excluding tert-OH is 1. The molecular formula is C12H20ClN3O2. The number of hydrogen-bond acceptors (Lipinski definition) is 4. The highest BCUT2D eigenvalue weighted by Crippen LogP contribution is 2.31. The van der Waals surface area contributed by atoms with Crippen molar-refractivity contribution < 1.29 is 9.84 Å². The molecule has 0 bridgehead atoms. The van der Waals surface area contributed by atoms with Gasteiger partial charge in [-0.2, -0.15) is 5.10 Å². The van der Waals surface area contributed by atoms with Crippen molar-refractivity contribution in [3.63, 3.8) is 0 Å². The molecule has 1 saturated heterocycles. The maximum atomic E-state index is 10.5. The van der Waals surface area contributed by atoms with E-state index in [-0.39, 0.29) is 5.92 Å². The summed E-state index contributed by atoms with van der Waals surface area (Å²) in [6.45, 7) is 3.02. The number of nitrogens with one attached hydrogen (secondary N) is 1. The van der Waals surface area contributed by atoms with Gasteiger partial charge in [0.05, 0.1) is 30.1 Å². The lowest BCUT2D eigenvalue weighted by Crippen LogP contribution is -2.34. The van der Waals surface area contributed by atoms with Gasteiger partial charge >= 0.3 is 0 Å². The minimum absolute atomic E-state index is 0.203. The quantitative estimate of drug-likeness (QED) is 0.847. The van der Waals surface area contributed by atoms with Crippen molar-refractivity contribution in [1.29, 1.82) is 0 Å². The van der Waals surface area contributed by atoms with Gasteiger partial charge in [-0.15, -0.1) is 0 Å². The van der Waals surface area contributed by atoms with Crippen LogP contribution >= 0.6 is 11.6 Å². The fraction of sp³-hybridized carbons (Fsp3) is 0.750. The molecule has 0 radical (unpaired) electrons. The van der Waals surface area contributed by atoms with Gasteiger partial charge in [0.1, 0.15) is 6.10 Å². The molecule has 2 atom stereocenters. The van der Waals surface area contributed by atoms with Crippen LogP contribution in [0.1, 0.15) is 24.6 Å². The third-order valence-electron chi connectivity index (χ3n) is 3.40. The summed E-state index contributed by atoms with van der Waals surface area (Å²) in [6.07, 6.45) is 3.13. The van der Waals surface area contributed by atoms with Crippen LogP contribution in [0.15, 0.2) is 6.20 Å². The molecular weight excluding hydrogens is 254 g/mol. The molecule has 0 saturated carbocycles. The van der Waals surface area contributed by atoms with Gasteiger partial charge in [0.25, 0.3) is 0 Å². The van der Waals surface area contributed by atoms with Gasteiger partial charge in [0, 0.05) is 19.6 Å². The van der Waals surface area contributed by atoms with E-state index < -0.39 is 6.10 Å². The van der Waals surface area contributed by atoms with Crippen LogP contribution in [-0.4, -0.2) is 41.7 Å². The number of ether oxygens (including phenoxy) is 1. The zero-order valence-corrected chi connectivity index (χ0v) is 11.4. The molecule has 1 fully saturated rings. The average molecular weight is 274 g/mol. The Bertz CT molecular complexity index is 377. The third-order valence-corrected chi connectivity index (χ3v) is 3.69. The smallest absolute Gasteiger partial charge is 0.101 e. The first-order valence-electron chi connectivity index (χ1n) is 6.33. The first-order chi connectivity index (χ1) is 8.74. The van der Waals surface area contributed by atoms with E-state index in [1.165, 1.54) is 0 Å². The summed E-state index contributed by atoms with van der Waals surface area (Å²) in [5.41, 5.74) is 0.711. The lowest BCUT2D eigenvalue weighted by atomic mass is 9.92. The normalized spacial score (nSPS) is 22.1. The highest BCUT2D eigenvalue weighted by atomic mass is 35.5. The van der Waals surface area contributed by atoms with Crippen molar-refractivity contribution in [3.05, 3.63) is 16.9 Å². The second kappa shape index (κ2) is 6.52. The van der Waals surface area contributed by atoms with Gasteiger partial charge < -0.3 is 15.2 Å². The summed E-state index contributed by atoms with van der Waals surface area (Å²) in [5, 5.41) is 18.5. The van der Waals surface area contributed by atoms with Crippen LogP contribution in [0.2, 0.25) is 5.02 Å². The van der Waals surface area contributed by atoms with E-state index in [0.29, 0.717) is 23.9 Å². The van der Waals surface area contributed by atoms with Crippen molar-refractivity contribution in [2.24, 2.45) is 5.92 Å². The predicted molar refractivity (Wildman–Crippen MR) is 69.7 cm³/mol. The molecule has 18 heavy (non-hydrogen) atoms. The summed E-state index contributed by atoms with van der Waals surface area (Å²) in [6, 6.07) is 0. The number of piperidine rings is 1. The Kier molecular flexibility index (Phi) is 5.00. The van der Waals surface area contributed by atoms with Crippen LogP contribution in [0.25, 0.3) is 0 Å². The van der Waals surface area contributed by atoms with Crippen molar-refractivity contribution in [2.45, 2.75) is 25.5 Å². The number of nitrogens with zero attached hydrogens (tertiary/aromatic N) is 2. The first kappa shape index (κ1) is 13.8. The van der Waals surface area contributed by atoms with E-state index in [9.17, 15) is 5.11 Å². The van der Waals surface area contributed by atoms with E-state index in [1.807, 2.05) is 0 Å². The molecule has 1 aromatic heterocycles. The number of methoxy groups -OCH3 is 1. The fourth-order valence-corrected chi connectivity index (χ4v) is 2.65. The Morgan fingerprint density at radius 3 is 3.22 bits per heavy atom. The maximum Gasteiger partial charge on any atom is 0.101 e. The van der Waals surface area contributed by atoms with E-state index in [2.05, 4.69) is 10.4 Å². The van der Waals surface area contributed by atoms with Gasteiger partial charge in [-0.1, -0.05) is 11.6 Å². The molecule has 2 unspecified atom stereocenters. The minimum atomic E-state index is -0.565. The van der Waals surface area contributed by atoms with Gasteiger partial charge in [-0.3, -0.25) is 4.68 Å². The lowest BCUT2D eigenvalue weighted by molar-refractivity contribution is 0.0815. The first-order valence-corrected chi connectivity index (χ1v) is 6.70. The van der Waals surface area contributed by atoms with Gasteiger partial charge in [-0.25, -0.2) is 0 Å². The molecule has 1 aliphatic rings. The Hall–Kier alpha value is -0.620. The molecule has 0 aliphatic carbocycles. The molecule has 0 aromatic carbocycles. The Morgan fingerprint density at radius 2 is 2.56 bits per heavy atom. The summed E-state index contributed by atoms with van der Waals surface area (Å²) in [4.78, 5) is 0. The van der Waals surface area contributed by atoms with Crippen molar-refractivity contribution in [2.75, 3.05) is 26.8 Å². The minimum Gasteiger partial charge on any atom is -0.386 e. The van der Waals surface area contributed by atoms with Crippen molar-refractivity contribution in [1.82, 2.24) is 15.1 Å². The van der Waals surface area contributed by atoms with Crippen LogP contribution in [0.5, 0.6) is 0 Å². The fourth-order valence-electron chi connectivity index (χ4n) is 2.39. The molecule has 5 nitrogen and oxygen atoms in total. The van der Waals surface area contributed by atoms with E-state index in [0.717, 1.165) is 25.9 Å². The van der Waals surface area contributed by atoms with Crippen LogP contribution in [-0.2, 0) is 11.3 Å². The average Bonchev–Trinajstić information content (AvgIpc) is 2.77. The Labute approximate surface area is 112 Å². The molecule has 2 heterocycles. The topological polar surface area (TPSA) is 59.3 Å².